The Morgan fingerprint density at radius 2 is 2.05 bits per heavy atom. The number of carbonyl (C=O) groups excluding carboxylic acids is 1. The standard InChI is InChI=1S/C13H15ClN2O3/c1-13(2,3)19-12(17)16-10-6-11(18-4)9(14)5-8(10)7-15-16/h5-7H,1-4H3. The van der Waals surface area contributed by atoms with Crippen LogP contribution in [0.15, 0.2) is 18.3 Å². The highest BCUT2D eigenvalue weighted by molar-refractivity contribution is 6.32. The molecule has 0 unspecified atom stereocenters. The van der Waals surface area contributed by atoms with Gasteiger partial charge in [0.2, 0.25) is 0 Å². The maximum atomic E-state index is 12.0. The second kappa shape index (κ2) is 4.74. The van der Waals surface area contributed by atoms with E-state index in [-0.39, 0.29) is 0 Å². The zero-order chi connectivity index (χ0) is 14.2. The van der Waals surface area contributed by atoms with E-state index in [0.717, 1.165) is 5.39 Å². The zero-order valence-corrected chi connectivity index (χ0v) is 12.0. The predicted molar refractivity (Wildman–Crippen MR) is 72.9 cm³/mol. The van der Waals surface area contributed by atoms with Gasteiger partial charge in [0.25, 0.3) is 0 Å². The number of rotatable bonds is 1. The highest BCUT2D eigenvalue weighted by Crippen LogP contribution is 2.30. The summed E-state index contributed by atoms with van der Waals surface area (Å²) in [5.74, 6) is 0.486. The lowest BCUT2D eigenvalue weighted by Crippen LogP contribution is -2.27. The first kappa shape index (κ1) is 13.7. The summed E-state index contributed by atoms with van der Waals surface area (Å²) < 4.78 is 11.6. The van der Waals surface area contributed by atoms with Gasteiger partial charge in [0.15, 0.2) is 0 Å². The fraction of sp³-hybridized carbons (Fsp3) is 0.385. The van der Waals surface area contributed by atoms with E-state index in [4.69, 9.17) is 21.1 Å². The van der Waals surface area contributed by atoms with Crippen molar-refractivity contribution in [3.8, 4) is 5.75 Å². The van der Waals surface area contributed by atoms with Gasteiger partial charge in [-0.25, -0.2) is 4.79 Å². The Hall–Kier alpha value is -1.75. The van der Waals surface area contributed by atoms with E-state index in [1.165, 1.54) is 11.8 Å². The molecular formula is C13H15ClN2O3. The zero-order valence-electron chi connectivity index (χ0n) is 11.2. The number of methoxy groups -OCH3 is 1. The van der Waals surface area contributed by atoms with E-state index >= 15 is 0 Å². The van der Waals surface area contributed by atoms with Crippen molar-refractivity contribution in [1.29, 1.82) is 0 Å². The number of nitrogens with zero attached hydrogens (tertiary/aromatic N) is 2. The molecule has 5 nitrogen and oxygen atoms in total. The molecule has 0 aliphatic heterocycles. The fourth-order valence-electron chi connectivity index (χ4n) is 1.63. The lowest BCUT2D eigenvalue weighted by molar-refractivity contribution is 0.0523. The Balaban J connectivity index is 2.47. The van der Waals surface area contributed by atoms with E-state index in [9.17, 15) is 4.79 Å². The predicted octanol–water partition coefficient (Wildman–Crippen LogP) is 3.48. The van der Waals surface area contributed by atoms with Gasteiger partial charge in [0, 0.05) is 11.5 Å². The second-order valence-electron chi connectivity index (χ2n) is 5.08. The molecule has 0 aliphatic carbocycles. The number of halogens is 1. The van der Waals surface area contributed by atoms with Crippen LogP contribution in [0.5, 0.6) is 5.75 Å². The minimum Gasteiger partial charge on any atom is -0.495 e. The fourth-order valence-corrected chi connectivity index (χ4v) is 1.88. The van der Waals surface area contributed by atoms with Gasteiger partial charge in [-0.05, 0) is 26.8 Å². The Labute approximate surface area is 116 Å². The van der Waals surface area contributed by atoms with Gasteiger partial charge >= 0.3 is 6.09 Å². The van der Waals surface area contributed by atoms with E-state index in [1.807, 2.05) is 0 Å². The van der Waals surface area contributed by atoms with Crippen molar-refractivity contribution in [3.05, 3.63) is 23.4 Å². The van der Waals surface area contributed by atoms with Crippen LogP contribution in [0, 0.1) is 0 Å². The van der Waals surface area contributed by atoms with Crippen LogP contribution in [0.3, 0.4) is 0 Å². The molecule has 2 aromatic rings. The number of hydrogen-bond acceptors (Lipinski definition) is 4. The largest absolute Gasteiger partial charge is 0.495 e. The first-order valence-electron chi connectivity index (χ1n) is 5.76. The smallest absolute Gasteiger partial charge is 0.435 e. The van der Waals surface area contributed by atoms with Crippen LogP contribution in [0.2, 0.25) is 5.02 Å². The molecule has 0 radical (unpaired) electrons. The lowest BCUT2D eigenvalue weighted by Gasteiger charge is -2.19. The molecule has 0 saturated carbocycles. The van der Waals surface area contributed by atoms with Crippen LogP contribution in [0.4, 0.5) is 4.79 Å². The summed E-state index contributed by atoms with van der Waals surface area (Å²) in [5.41, 5.74) is 0.0155. The summed E-state index contributed by atoms with van der Waals surface area (Å²) in [4.78, 5) is 12.0. The molecule has 0 aliphatic rings. The summed E-state index contributed by atoms with van der Waals surface area (Å²) in [6, 6.07) is 3.36. The van der Waals surface area contributed by atoms with Crippen molar-refractivity contribution in [2.75, 3.05) is 7.11 Å². The molecule has 0 saturated heterocycles. The van der Waals surface area contributed by atoms with Crippen LogP contribution < -0.4 is 4.74 Å². The van der Waals surface area contributed by atoms with Gasteiger partial charge in [-0.2, -0.15) is 9.78 Å². The van der Waals surface area contributed by atoms with Crippen LogP contribution in [0.1, 0.15) is 20.8 Å². The monoisotopic (exact) mass is 282 g/mol. The molecular weight excluding hydrogens is 268 g/mol. The topological polar surface area (TPSA) is 53.4 Å². The third-order valence-electron chi connectivity index (χ3n) is 2.41. The Kier molecular flexibility index (Phi) is 3.41. The first-order valence-corrected chi connectivity index (χ1v) is 6.14. The number of ether oxygens (including phenoxy) is 2. The van der Waals surface area contributed by atoms with Crippen LogP contribution in [-0.4, -0.2) is 28.6 Å². The van der Waals surface area contributed by atoms with Crippen molar-refractivity contribution in [2.45, 2.75) is 26.4 Å². The number of benzene rings is 1. The third kappa shape index (κ3) is 2.81. The average Bonchev–Trinajstić information content (AvgIpc) is 2.68. The van der Waals surface area contributed by atoms with Crippen molar-refractivity contribution in [3.63, 3.8) is 0 Å². The van der Waals surface area contributed by atoms with Crippen molar-refractivity contribution in [1.82, 2.24) is 9.78 Å². The summed E-state index contributed by atoms with van der Waals surface area (Å²) in [7, 11) is 1.52. The van der Waals surface area contributed by atoms with E-state index in [1.54, 1.807) is 39.1 Å². The summed E-state index contributed by atoms with van der Waals surface area (Å²) in [6.07, 6.45) is 1.02. The molecule has 0 fully saturated rings. The molecule has 19 heavy (non-hydrogen) atoms. The molecule has 6 heteroatoms. The number of aromatic nitrogens is 2. The second-order valence-corrected chi connectivity index (χ2v) is 5.49. The lowest BCUT2D eigenvalue weighted by atomic mass is 10.2. The summed E-state index contributed by atoms with van der Waals surface area (Å²) in [5, 5.41) is 5.24. The first-order chi connectivity index (χ1) is 8.81. The minimum atomic E-state index is -0.578. The average molecular weight is 283 g/mol. The van der Waals surface area contributed by atoms with Crippen molar-refractivity contribution < 1.29 is 14.3 Å². The van der Waals surface area contributed by atoms with Gasteiger partial charge in [-0.1, -0.05) is 11.6 Å². The SMILES string of the molecule is COc1cc2c(cnn2C(=O)OC(C)(C)C)cc1Cl. The molecule has 0 atom stereocenters. The van der Waals surface area contributed by atoms with Gasteiger partial charge in [-0.15, -0.1) is 0 Å². The van der Waals surface area contributed by atoms with Gasteiger partial charge in [-0.3, -0.25) is 0 Å². The minimum absolute atomic E-state index is 0.471. The normalized spacial score (nSPS) is 11.6. The Morgan fingerprint density at radius 1 is 1.37 bits per heavy atom. The third-order valence-corrected chi connectivity index (χ3v) is 2.70. The maximum Gasteiger partial charge on any atom is 0.435 e. The molecule has 2 rings (SSSR count). The summed E-state index contributed by atoms with van der Waals surface area (Å²) >= 11 is 6.02. The molecule has 0 N–H and O–H groups in total. The quantitative estimate of drug-likeness (QED) is 0.803. The number of hydrogen-bond donors (Lipinski definition) is 0. The molecule has 102 valence electrons. The van der Waals surface area contributed by atoms with Gasteiger partial charge < -0.3 is 9.47 Å². The van der Waals surface area contributed by atoms with E-state index < -0.39 is 11.7 Å². The highest BCUT2D eigenvalue weighted by atomic mass is 35.5. The number of carbonyl (C=O) groups is 1. The molecule has 1 aromatic heterocycles. The highest BCUT2D eigenvalue weighted by Gasteiger charge is 2.20. The van der Waals surface area contributed by atoms with Crippen LogP contribution >= 0.6 is 11.6 Å². The summed E-state index contributed by atoms with van der Waals surface area (Å²) in [6.45, 7) is 5.40. The maximum absolute atomic E-state index is 12.0. The molecule has 0 amide bonds. The van der Waals surface area contributed by atoms with Crippen molar-refractivity contribution >= 4 is 28.6 Å². The number of fused-ring (bicyclic) bond motifs is 1. The van der Waals surface area contributed by atoms with Crippen LogP contribution in [-0.2, 0) is 4.74 Å². The van der Waals surface area contributed by atoms with Gasteiger partial charge in [0.05, 0.1) is 23.8 Å². The molecule has 1 aromatic carbocycles. The Bertz CT molecular complexity index is 629. The molecule has 0 bridgehead atoms. The van der Waals surface area contributed by atoms with Crippen LogP contribution in [0.25, 0.3) is 10.9 Å². The Morgan fingerprint density at radius 3 is 2.63 bits per heavy atom. The molecule has 1 heterocycles. The van der Waals surface area contributed by atoms with E-state index in [2.05, 4.69) is 5.10 Å². The van der Waals surface area contributed by atoms with Gasteiger partial charge in [0.1, 0.15) is 11.4 Å². The van der Waals surface area contributed by atoms with E-state index in [0.29, 0.717) is 16.3 Å². The van der Waals surface area contributed by atoms with Crippen molar-refractivity contribution in [2.24, 2.45) is 0 Å². The molecule has 0 spiro atoms.